The van der Waals surface area contributed by atoms with Crippen LogP contribution >= 0.6 is 0 Å². The van der Waals surface area contributed by atoms with Crippen LogP contribution in [0.25, 0.3) is 0 Å². The molecule has 1 atom stereocenters. The number of carbonyl (C=O) groups excluding carboxylic acids is 2. The van der Waals surface area contributed by atoms with Crippen LogP contribution in [0.15, 0.2) is 42.5 Å². The van der Waals surface area contributed by atoms with Crippen molar-refractivity contribution < 1.29 is 31.9 Å². The average Bonchev–Trinajstić information content (AvgIpc) is 2.79. The van der Waals surface area contributed by atoms with E-state index in [0.717, 1.165) is 10.6 Å². The van der Waals surface area contributed by atoms with Crippen LogP contribution in [-0.2, 0) is 26.2 Å². The van der Waals surface area contributed by atoms with Crippen molar-refractivity contribution in [2.24, 2.45) is 0 Å². The number of methoxy groups -OCH3 is 2. The SMILES string of the molecule is COc1ccc(OC)c(N(CC(=O)N(Cc2ccc(F)cc2)C(C)C(=O)NC(C)C)S(C)(=O)=O)c1. The number of carbonyl (C=O) groups is 2. The highest BCUT2D eigenvalue weighted by Crippen LogP contribution is 2.34. The summed E-state index contributed by atoms with van der Waals surface area (Å²) in [6.45, 7) is 4.51. The fourth-order valence-electron chi connectivity index (χ4n) is 3.36. The Hall–Kier alpha value is -3.34. The molecule has 0 fully saturated rings. The second kappa shape index (κ2) is 11.9. The summed E-state index contributed by atoms with van der Waals surface area (Å²) in [5.74, 6) is -0.878. The first-order valence-corrected chi connectivity index (χ1v) is 12.8. The molecule has 0 aromatic heterocycles. The molecular weight excluding hydrogens is 477 g/mol. The van der Waals surface area contributed by atoms with Gasteiger partial charge >= 0.3 is 0 Å². The number of amides is 2. The van der Waals surface area contributed by atoms with Crippen molar-refractivity contribution in [2.75, 3.05) is 31.3 Å². The lowest BCUT2D eigenvalue weighted by Gasteiger charge is -2.32. The first kappa shape index (κ1) is 27.9. The Bertz CT molecular complexity index is 1140. The van der Waals surface area contributed by atoms with Crippen LogP contribution < -0.4 is 19.1 Å². The van der Waals surface area contributed by atoms with Gasteiger partial charge in [-0.2, -0.15) is 0 Å². The maximum Gasteiger partial charge on any atom is 0.244 e. The molecule has 35 heavy (non-hydrogen) atoms. The van der Waals surface area contributed by atoms with E-state index in [1.165, 1.54) is 55.5 Å². The van der Waals surface area contributed by atoms with Gasteiger partial charge in [-0.15, -0.1) is 0 Å². The molecule has 11 heteroatoms. The van der Waals surface area contributed by atoms with Gasteiger partial charge in [0.1, 0.15) is 29.9 Å². The molecule has 0 saturated carbocycles. The van der Waals surface area contributed by atoms with E-state index in [0.29, 0.717) is 11.3 Å². The fraction of sp³-hybridized carbons (Fsp3) is 0.417. The van der Waals surface area contributed by atoms with E-state index in [9.17, 15) is 22.4 Å². The molecule has 0 aliphatic rings. The molecule has 0 aliphatic carbocycles. The van der Waals surface area contributed by atoms with Gasteiger partial charge in [-0.3, -0.25) is 13.9 Å². The van der Waals surface area contributed by atoms with E-state index in [2.05, 4.69) is 5.32 Å². The Labute approximate surface area is 205 Å². The second-order valence-electron chi connectivity index (χ2n) is 8.29. The molecule has 2 aromatic rings. The Morgan fingerprint density at radius 3 is 2.17 bits per heavy atom. The molecule has 0 spiro atoms. The zero-order valence-electron chi connectivity index (χ0n) is 20.7. The molecule has 2 amide bonds. The zero-order chi connectivity index (χ0) is 26.3. The van der Waals surface area contributed by atoms with Crippen LogP contribution in [0, 0.1) is 5.82 Å². The average molecular weight is 510 g/mol. The Balaban J connectivity index is 2.47. The normalized spacial score (nSPS) is 12.1. The van der Waals surface area contributed by atoms with Crippen LogP contribution in [-0.4, -0.2) is 64.2 Å². The maximum absolute atomic E-state index is 13.5. The van der Waals surface area contributed by atoms with Crippen LogP contribution in [0.5, 0.6) is 11.5 Å². The third-order valence-electron chi connectivity index (χ3n) is 5.20. The van der Waals surface area contributed by atoms with Gasteiger partial charge in [-0.1, -0.05) is 12.1 Å². The number of nitrogens with one attached hydrogen (secondary N) is 1. The van der Waals surface area contributed by atoms with Crippen molar-refractivity contribution in [2.45, 2.75) is 39.4 Å². The third-order valence-corrected chi connectivity index (χ3v) is 6.32. The van der Waals surface area contributed by atoms with Crippen molar-refractivity contribution in [3.8, 4) is 11.5 Å². The number of sulfonamides is 1. The number of hydrogen-bond donors (Lipinski definition) is 1. The van der Waals surface area contributed by atoms with E-state index >= 15 is 0 Å². The largest absolute Gasteiger partial charge is 0.497 e. The highest BCUT2D eigenvalue weighted by atomic mass is 32.2. The summed E-state index contributed by atoms with van der Waals surface area (Å²) >= 11 is 0. The van der Waals surface area contributed by atoms with Crippen molar-refractivity contribution in [1.29, 1.82) is 0 Å². The van der Waals surface area contributed by atoms with Crippen LogP contribution in [0.2, 0.25) is 0 Å². The monoisotopic (exact) mass is 509 g/mol. The van der Waals surface area contributed by atoms with Gasteiger partial charge in [0.2, 0.25) is 21.8 Å². The van der Waals surface area contributed by atoms with Crippen molar-refractivity contribution in [3.05, 3.63) is 53.8 Å². The van der Waals surface area contributed by atoms with E-state index in [-0.39, 0.29) is 24.0 Å². The highest BCUT2D eigenvalue weighted by molar-refractivity contribution is 7.92. The number of anilines is 1. The van der Waals surface area contributed by atoms with Crippen LogP contribution in [0.3, 0.4) is 0 Å². The molecule has 0 saturated heterocycles. The van der Waals surface area contributed by atoms with Gasteiger partial charge in [-0.25, -0.2) is 12.8 Å². The van der Waals surface area contributed by atoms with E-state index in [1.807, 2.05) is 0 Å². The number of rotatable bonds is 11. The van der Waals surface area contributed by atoms with Gasteiger partial charge in [-0.05, 0) is 50.6 Å². The molecule has 9 nitrogen and oxygen atoms in total. The molecule has 192 valence electrons. The lowest BCUT2D eigenvalue weighted by Crippen LogP contribution is -2.52. The highest BCUT2D eigenvalue weighted by Gasteiger charge is 2.31. The quantitative estimate of drug-likeness (QED) is 0.499. The first-order valence-electron chi connectivity index (χ1n) is 10.9. The summed E-state index contributed by atoms with van der Waals surface area (Å²) in [4.78, 5) is 27.5. The third kappa shape index (κ3) is 7.57. The lowest BCUT2D eigenvalue weighted by atomic mass is 10.1. The minimum atomic E-state index is -3.95. The number of ether oxygens (including phenoxy) is 2. The van der Waals surface area contributed by atoms with Crippen LogP contribution in [0.1, 0.15) is 26.3 Å². The molecular formula is C24H32FN3O6S. The van der Waals surface area contributed by atoms with Crippen molar-refractivity contribution in [3.63, 3.8) is 0 Å². The first-order chi connectivity index (χ1) is 16.4. The standard InChI is InChI=1S/C24H32FN3O6S/c1-16(2)26-24(30)17(3)27(14-18-7-9-19(25)10-8-18)23(29)15-28(35(6,31)32)21-13-20(33-4)11-12-22(21)34-5/h7-13,16-17H,14-15H2,1-6H3,(H,26,30). The lowest BCUT2D eigenvalue weighted by molar-refractivity contribution is -0.139. The summed E-state index contributed by atoms with van der Waals surface area (Å²) in [7, 11) is -1.13. The molecule has 0 bridgehead atoms. The van der Waals surface area contributed by atoms with Gasteiger partial charge in [0.15, 0.2) is 0 Å². The molecule has 0 heterocycles. The molecule has 1 N–H and O–H groups in total. The molecule has 2 rings (SSSR count). The van der Waals surface area contributed by atoms with E-state index in [4.69, 9.17) is 9.47 Å². The minimum Gasteiger partial charge on any atom is -0.497 e. The van der Waals surface area contributed by atoms with Gasteiger partial charge in [0.05, 0.1) is 26.2 Å². The zero-order valence-corrected chi connectivity index (χ0v) is 21.6. The smallest absolute Gasteiger partial charge is 0.244 e. The molecule has 1 unspecified atom stereocenters. The van der Waals surface area contributed by atoms with Gasteiger partial charge < -0.3 is 19.7 Å². The summed E-state index contributed by atoms with van der Waals surface area (Å²) in [5.41, 5.74) is 0.692. The van der Waals surface area contributed by atoms with Gasteiger partial charge in [0.25, 0.3) is 0 Å². The summed E-state index contributed by atoms with van der Waals surface area (Å²) < 4.78 is 50.3. The van der Waals surface area contributed by atoms with Crippen LogP contribution in [0.4, 0.5) is 10.1 Å². The fourth-order valence-corrected chi connectivity index (χ4v) is 4.21. The summed E-state index contributed by atoms with van der Waals surface area (Å²) in [6.07, 6.45) is 0.971. The van der Waals surface area contributed by atoms with E-state index in [1.54, 1.807) is 26.8 Å². The van der Waals surface area contributed by atoms with Gasteiger partial charge in [0, 0.05) is 18.7 Å². The summed E-state index contributed by atoms with van der Waals surface area (Å²) in [6, 6.07) is 9.00. The summed E-state index contributed by atoms with van der Waals surface area (Å²) in [5, 5.41) is 2.76. The topological polar surface area (TPSA) is 105 Å². The van der Waals surface area contributed by atoms with E-state index < -0.39 is 40.2 Å². The van der Waals surface area contributed by atoms with Crippen molar-refractivity contribution in [1.82, 2.24) is 10.2 Å². The second-order valence-corrected chi connectivity index (χ2v) is 10.2. The number of hydrogen-bond acceptors (Lipinski definition) is 6. The minimum absolute atomic E-state index is 0.0291. The predicted octanol–water partition coefficient (Wildman–Crippen LogP) is 2.55. The predicted molar refractivity (Wildman–Crippen MR) is 131 cm³/mol. The molecule has 2 aromatic carbocycles. The number of nitrogens with zero attached hydrogens (tertiary/aromatic N) is 2. The number of benzene rings is 2. The maximum atomic E-state index is 13.5. The van der Waals surface area contributed by atoms with Crippen molar-refractivity contribution >= 4 is 27.5 Å². The number of halogens is 1. The molecule has 0 aliphatic heterocycles. The molecule has 0 radical (unpaired) electrons. The Kier molecular flexibility index (Phi) is 9.47. The Morgan fingerprint density at radius 1 is 1.03 bits per heavy atom. The Morgan fingerprint density at radius 2 is 1.66 bits per heavy atom.